The maximum atomic E-state index is 9.63. The lowest BCUT2D eigenvalue weighted by Gasteiger charge is -2.09. The first-order valence-corrected chi connectivity index (χ1v) is 10.2. The second-order valence-electron chi connectivity index (χ2n) is 5.35. The molecule has 0 aliphatic heterocycles. The first-order valence-electron chi connectivity index (χ1n) is 7.09. The zero-order chi connectivity index (χ0) is 18.2. The molecule has 4 aromatic rings. The van der Waals surface area contributed by atoms with E-state index in [4.69, 9.17) is 19.6 Å². The number of phosphoric acid groups is 2. The molecule has 9 heteroatoms. The van der Waals surface area contributed by atoms with Crippen LogP contribution in [0.1, 0.15) is 0 Å². The Bertz CT molecular complexity index is 979. The van der Waals surface area contributed by atoms with Crippen LogP contribution in [0.15, 0.2) is 60.7 Å². The van der Waals surface area contributed by atoms with Gasteiger partial charge in [0.2, 0.25) is 0 Å². The van der Waals surface area contributed by atoms with Gasteiger partial charge in [-0.1, -0.05) is 60.7 Å². The number of hydrogen-bond acceptors (Lipinski definition) is 3. The summed E-state index contributed by atoms with van der Waals surface area (Å²) in [5, 5.41) is 8.14. The highest BCUT2D eigenvalue weighted by molar-refractivity contribution is 7.60. The van der Waals surface area contributed by atoms with Crippen molar-refractivity contribution in [3.05, 3.63) is 60.7 Å². The molecule has 0 aliphatic carbocycles. The van der Waals surface area contributed by atoms with E-state index < -0.39 is 15.6 Å². The van der Waals surface area contributed by atoms with Crippen molar-refractivity contribution in [1.29, 1.82) is 0 Å². The molecule has 0 saturated heterocycles. The smallest absolute Gasteiger partial charge is 0.302 e. The van der Waals surface area contributed by atoms with Gasteiger partial charge in [0.05, 0.1) is 0 Å². The Kier molecular flexibility index (Phi) is 4.66. The van der Waals surface area contributed by atoms with Gasteiger partial charge in [0.25, 0.3) is 0 Å². The van der Waals surface area contributed by atoms with Crippen LogP contribution in [-0.4, -0.2) is 19.6 Å². The van der Waals surface area contributed by atoms with Crippen molar-refractivity contribution in [1.82, 2.24) is 0 Å². The van der Waals surface area contributed by atoms with Crippen molar-refractivity contribution >= 4 is 48.0 Å². The van der Waals surface area contributed by atoms with Crippen molar-refractivity contribution < 1.29 is 33.0 Å². The van der Waals surface area contributed by atoms with Crippen molar-refractivity contribution in [3.8, 4) is 0 Å². The Labute approximate surface area is 142 Å². The van der Waals surface area contributed by atoms with Crippen molar-refractivity contribution in [3.63, 3.8) is 0 Å². The lowest BCUT2D eigenvalue weighted by molar-refractivity contribution is 0.225. The van der Waals surface area contributed by atoms with Gasteiger partial charge in [-0.3, -0.25) is 0 Å². The summed E-state index contributed by atoms with van der Waals surface area (Å²) >= 11 is 0. The molecule has 130 valence electrons. The van der Waals surface area contributed by atoms with Gasteiger partial charge in [-0.25, -0.2) is 9.13 Å². The predicted molar refractivity (Wildman–Crippen MR) is 95.3 cm³/mol. The molecule has 0 aromatic heterocycles. The Hall–Kier alpha value is -1.82. The van der Waals surface area contributed by atoms with E-state index in [1.165, 1.54) is 32.3 Å². The molecule has 4 N–H and O–H groups in total. The van der Waals surface area contributed by atoms with E-state index in [2.05, 4.69) is 65.0 Å². The summed E-state index contributed by atoms with van der Waals surface area (Å²) in [6.07, 6.45) is 0. The molecule has 0 fully saturated rings. The zero-order valence-electron chi connectivity index (χ0n) is 12.7. The summed E-state index contributed by atoms with van der Waals surface area (Å²) in [6, 6.07) is 21.9. The maximum absolute atomic E-state index is 9.63. The summed E-state index contributed by atoms with van der Waals surface area (Å²) in [4.78, 5) is 31.0. The van der Waals surface area contributed by atoms with Crippen LogP contribution in [0.25, 0.3) is 32.3 Å². The van der Waals surface area contributed by atoms with Crippen LogP contribution in [0.3, 0.4) is 0 Å². The van der Waals surface area contributed by atoms with E-state index in [0.29, 0.717) is 0 Å². The molecule has 25 heavy (non-hydrogen) atoms. The Morgan fingerprint density at radius 1 is 0.560 bits per heavy atom. The lowest BCUT2D eigenvalue weighted by atomic mass is 9.95. The van der Waals surface area contributed by atoms with Crippen LogP contribution in [-0.2, 0) is 13.4 Å². The van der Waals surface area contributed by atoms with Crippen LogP contribution < -0.4 is 0 Å². The number of rotatable bonds is 2. The molecule has 0 aliphatic rings. The maximum Gasteiger partial charge on any atom is 0.478 e. The van der Waals surface area contributed by atoms with Crippen LogP contribution in [0.5, 0.6) is 0 Å². The van der Waals surface area contributed by atoms with Crippen LogP contribution in [0.2, 0.25) is 0 Å². The van der Waals surface area contributed by atoms with Gasteiger partial charge in [0.1, 0.15) is 0 Å². The number of hydrogen-bond donors (Lipinski definition) is 4. The molecule has 7 nitrogen and oxygen atoms in total. The summed E-state index contributed by atoms with van der Waals surface area (Å²) in [5.41, 5.74) is 0. The summed E-state index contributed by atoms with van der Waals surface area (Å²) in [5.74, 6) is 0. The quantitative estimate of drug-likeness (QED) is 0.308. The normalized spacial score (nSPS) is 12.5. The molecule has 4 rings (SSSR count). The fourth-order valence-corrected chi connectivity index (χ4v) is 3.92. The van der Waals surface area contributed by atoms with Gasteiger partial charge in [0, 0.05) is 0 Å². The van der Waals surface area contributed by atoms with E-state index in [1.807, 2.05) is 0 Å². The van der Waals surface area contributed by atoms with Crippen molar-refractivity contribution in [2.24, 2.45) is 0 Å². The van der Waals surface area contributed by atoms with Crippen molar-refractivity contribution in [2.75, 3.05) is 0 Å². The van der Waals surface area contributed by atoms with Crippen LogP contribution in [0, 0.1) is 0 Å². The summed E-state index contributed by atoms with van der Waals surface area (Å²) < 4.78 is 22.2. The topological polar surface area (TPSA) is 124 Å². The predicted octanol–water partition coefficient (Wildman–Crippen LogP) is 3.77. The molecule has 0 spiro atoms. The zero-order valence-corrected chi connectivity index (χ0v) is 14.5. The van der Waals surface area contributed by atoms with E-state index >= 15 is 0 Å². The molecule has 0 heterocycles. The lowest BCUT2D eigenvalue weighted by Crippen LogP contribution is -1.84. The third-order valence-electron chi connectivity index (χ3n) is 3.61. The Morgan fingerprint density at radius 3 is 1.04 bits per heavy atom. The van der Waals surface area contributed by atoms with E-state index in [9.17, 15) is 9.13 Å². The van der Waals surface area contributed by atoms with Gasteiger partial charge in [-0.05, 0) is 32.3 Å². The van der Waals surface area contributed by atoms with E-state index in [0.717, 1.165) is 0 Å². The molecule has 4 aromatic carbocycles. The average Bonchev–Trinajstić information content (AvgIpc) is 2.50. The third kappa shape index (κ3) is 4.24. The standard InChI is InChI=1S/C16H10.H4O7P2/c1-3-11-7-9-13-5-2-6-14-10-8-12(4-1)15(11)16(13)14;1-8(2,3)7-9(4,5)6/h1-10H;(H2,1,2,3)(H2,4,5,6). The number of benzene rings is 4. The molecular formula is C16H14O7P2. The summed E-state index contributed by atoms with van der Waals surface area (Å²) in [6.45, 7) is 0. The minimum Gasteiger partial charge on any atom is -0.302 e. The fraction of sp³-hybridized carbons (Fsp3) is 0. The van der Waals surface area contributed by atoms with E-state index in [1.54, 1.807) is 0 Å². The average molecular weight is 380 g/mol. The highest BCUT2D eigenvalue weighted by atomic mass is 31.3. The van der Waals surface area contributed by atoms with Gasteiger partial charge in [0.15, 0.2) is 0 Å². The van der Waals surface area contributed by atoms with Crippen LogP contribution in [0.4, 0.5) is 0 Å². The van der Waals surface area contributed by atoms with Crippen molar-refractivity contribution in [2.45, 2.75) is 0 Å². The molecule has 0 atom stereocenters. The SMILES string of the molecule is O=P(O)(O)OP(=O)(O)O.c1cc2ccc3cccc4ccc(c1)c2c34. The largest absolute Gasteiger partial charge is 0.478 e. The van der Waals surface area contributed by atoms with Gasteiger partial charge >= 0.3 is 15.6 Å². The molecule has 0 unspecified atom stereocenters. The first kappa shape index (κ1) is 18.0. The second kappa shape index (κ2) is 6.48. The molecule has 0 bridgehead atoms. The van der Waals surface area contributed by atoms with Crippen LogP contribution >= 0.6 is 15.6 Å². The Morgan fingerprint density at radius 2 is 0.840 bits per heavy atom. The fourth-order valence-electron chi connectivity index (χ4n) is 2.81. The molecule has 0 amide bonds. The second-order valence-corrected chi connectivity index (χ2v) is 7.97. The minimum absolute atomic E-state index is 1.34. The van der Waals surface area contributed by atoms with Gasteiger partial charge < -0.3 is 19.6 Å². The van der Waals surface area contributed by atoms with Gasteiger partial charge in [-0.15, -0.1) is 0 Å². The van der Waals surface area contributed by atoms with Gasteiger partial charge in [-0.2, -0.15) is 4.31 Å². The third-order valence-corrected chi connectivity index (χ3v) is 5.31. The Balaban J connectivity index is 0.000000176. The molecule has 0 radical (unpaired) electrons. The first-order chi connectivity index (χ1) is 11.6. The summed E-state index contributed by atoms with van der Waals surface area (Å²) in [7, 11) is -10.1. The molecular weight excluding hydrogens is 366 g/mol. The van der Waals surface area contributed by atoms with E-state index in [-0.39, 0.29) is 0 Å². The molecule has 0 saturated carbocycles. The monoisotopic (exact) mass is 380 g/mol. The highest BCUT2D eigenvalue weighted by Gasteiger charge is 2.27. The minimum atomic E-state index is -5.05. The highest BCUT2D eigenvalue weighted by Crippen LogP contribution is 2.53.